The molecule has 3 heterocycles. The second-order valence-electron chi connectivity index (χ2n) is 8.71. The lowest BCUT2D eigenvalue weighted by Gasteiger charge is -2.27. The number of amides is 2. The number of carbonyl (C=O) groups is 3. The van der Waals surface area contributed by atoms with Gasteiger partial charge in [0.1, 0.15) is 0 Å². The summed E-state index contributed by atoms with van der Waals surface area (Å²) in [5, 5.41) is 0. The molecular formula is C25H26N2O3. The number of aryl methyl sites for hydroxylation is 2. The summed E-state index contributed by atoms with van der Waals surface area (Å²) in [6.45, 7) is 4.82. The van der Waals surface area contributed by atoms with E-state index in [0.717, 1.165) is 36.9 Å². The van der Waals surface area contributed by atoms with E-state index in [1.165, 1.54) is 4.90 Å². The number of ketones is 1. The monoisotopic (exact) mass is 402 g/mol. The lowest BCUT2D eigenvalue weighted by Crippen LogP contribution is -2.46. The maximum absolute atomic E-state index is 13.5. The fourth-order valence-corrected chi connectivity index (χ4v) is 5.54. The Morgan fingerprint density at radius 3 is 2.30 bits per heavy atom. The second-order valence-corrected chi connectivity index (χ2v) is 8.71. The molecule has 4 atom stereocenters. The van der Waals surface area contributed by atoms with E-state index in [-0.39, 0.29) is 23.6 Å². The first-order valence-electron chi connectivity index (χ1n) is 10.8. The van der Waals surface area contributed by atoms with E-state index >= 15 is 0 Å². The Kier molecular flexibility index (Phi) is 4.58. The summed E-state index contributed by atoms with van der Waals surface area (Å²) in [6.07, 6.45) is 2.72. The largest absolute Gasteiger partial charge is 0.292 e. The summed E-state index contributed by atoms with van der Waals surface area (Å²) in [5.74, 6) is -1.44. The highest BCUT2D eigenvalue weighted by Gasteiger charge is 2.64. The molecule has 154 valence electrons. The molecule has 0 bridgehead atoms. The molecule has 5 rings (SSSR count). The van der Waals surface area contributed by atoms with Crippen molar-refractivity contribution in [1.82, 2.24) is 4.90 Å². The normalized spacial score (nSPS) is 28.1. The first kappa shape index (κ1) is 19.2. The van der Waals surface area contributed by atoms with Crippen molar-refractivity contribution in [3.8, 4) is 0 Å². The maximum Gasteiger partial charge on any atom is 0.239 e. The number of carbonyl (C=O) groups excluding carboxylic acids is 3. The zero-order valence-corrected chi connectivity index (χ0v) is 17.4. The zero-order chi connectivity index (χ0) is 21.0. The van der Waals surface area contributed by atoms with Crippen molar-refractivity contribution >= 4 is 23.3 Å². The SMILES string of the molecule is CCc1ccc(N2C(=O)[C@@H]3[C@H](C2=O)[C@@H]2CCCN2[C@@H]3C(=O)c2ccc(C)cc2)cc1. The van der Waals surface area contributed by atoms with Gasteiger partial charge in [-0.3, -0.25) is 19.3 Å². The van der Waals surface area contributed by atoms with Crippen LogP contribution in [0.25, 0.3) is 0 Å². The zero-order valence-electron chi connectivity index (χ0n) is 17.4. The summed E-state index contributed by atoms with van der Waals surface area (Å²) in [4.78, 5) is 43.9. The van der Waals surface area contributed by atoms with Gasteiger partial charge in [-0.25, -0.2) is 4.90 Å². The molecule has 2 aromatic rings. The van der Waals surface area contributed by atoms with E-state index in [4.69, 9.17) is 0 Å². The number of benzene rings is 2. The van der Waals surface area contributed by atoms with Crippen LogP contribution in [0.15, 0.2) is 48.5 Å². The number of anilines is 1. The molecule has 0 N–H and O–H groups in total. The average Bonchev–Trinajstić information content (AvgIpc) is 3.40. The predicted octanol–water partition coefficient (Wildman–Crippen LogP) is 3.39. The van der Waals surface area contributed by atoms with Crippen LogP contribution in [0.4, 0.5) is 5.69 Å². The van der Waals surface area contributed by atoms with Crippen LogP contribution in [0.3, 0.4) is 0 Å². The Morgan fingerprint density at radius 2 is 1.63 bits per heavy atom. The van der Waals surface area contributed by atoms with Gasteiger partial charge in [0.2, 0.25) is 11.8 Å². The number of hydrogen-bond acceptors (Lipinski definition) is 4. The minimum Gasteiger partial charge on any atom is -0.292 e. The van der Waals surface area contributed by atoms with Crippen LogP contribution < -0.4 is 4.90 Å². The van der Waals surface area contributed by atoms with Crippen molar-refractivity contribution in [2.75, 3.05) is 11.4 Å². The quantitative estimate of drug-likeness (QED) is 0.581. The molecule has 3 saturated heterocycles. The third kappa shape index (κ3) is 2.76. The standard InChI is InChI=1S/C25H26N2O3/c1-3-16-8-12-18(13-9-16)27-24(29)20-19-5-4-14-26(19)22(21(20)25(27)30)23(28)17-10-6-15(2)7-11-17/h6-13,19-22H,3-5,14H2,1-2H3/t19-,20+,21+,22-/m0/s1. The van der Waals surface area contributed by atoms with Crippen LogP contribution in [-0.2, 0) is 16.0 Å². The number of imide groups is 1. The Morgan fingerprint density at radius 1 is 0.967 bits per heavy atom. The average molecular weight is 402 g/mol. The second kappa shape index (κ2) is 7.17. The summed E-state index contributed by atoms with van der Waals surface area (Å²) < 4.78 is 0. The van der Waals surface area contributed by atoms with Crippen LogP contribution in [0.2, 0.25) is 0 Å². The van der Waals surface area contributed by atoms with Crippen LogP contribution in [0, 0.1) is 18.8 Å². The molecule has 0 spiro atoms. The molecule has 0 aliphatic carbocycles. The molecule has 5 nitrogen and oxygen atoms in total. The van der Waals surface area contributed by atoms with Crippen LogP contribution in [0.5, 0.6) is 0 Å². The predicted molar refractivity (Wildman–Crippen MR) is 114 cm³/mol. The Balaban J connectivity index is 1.52. The third-order valence-electron chi connectivity index (χ3n) is 7.06. The van der Waals surface area contributed by atoms with Gasteiger partial charge >= 0.3 is 0 Å². The van der Waals surface area contributed by atoms with Crippen LogP contribution >= 0.6 is 0 Å². The fourth-order valence-electron chi connectivity index (χ4n) is 5.54. The van der Waals surface area contributed by atoms with E-state index in [0.29, 0.717) is 11.3 Å². The van der Waals surface area contributed by atoms with Crippen molar-refractivity contribution in [2.24, 2.45) is 11.8 Å². The van der Waals surface area contributed by atoms with Gasteiger partial charge in [-0.05, 0) is 50.4 Å². The summed E-state index contributed by atoms with van der Waals surface area (Å²) in [6, 6.07) is 14.5. The van der Waals surface area contributed by atoms with Gasteiger partial charge in [0.15, 0.2) is 5.78 Å². The molecular weight excluding hydrogens is 376 g/mol. The van der Waals surface area contributed by atoms with Crippen molar-refractivity contribution in [1.29, 1.82) is 0 Å². The highest BCUT2D eigenvalue weighted by molar-refractivity contribution is 6.24. The van der Waals surface area contributed by atoms with Gasteiger partial charge in [0.05, 0.1) is 23.6 Å². The maximum atomic E-state index is 13.5. The first-order chi connectivity index (χ1) is 14.5. The summed E-state index contributed by atoms with van der Waals surface area (Å²) in [7, 11) is 0. The van der Waals surface area contributed by atoms with E-state index in [1.54, 1.807) is 0 Å². The van der Waals surface area contributed by atoms with Gasteiger partial charge in [0, 0.05) is 11.6 Å². The molecule has 2 amide bonds. The smallest absolute Gasteiger partial charge is 0.239 e. The van der Waals surface area contributed by atoms with Crippen molar-refractivity contribution < 1.29 is 14.4 Å². The van der Waals surface area contributed by atoms with Gasteiger partial charge in [0.25, 0.3) is 0 Å². The third-order valence-corrected chi connectivity index (χ3v) is 7.06. The molecule has 0 saturated carbocycles. The van der Waals surface area contributed by atoms with Crippen molar-refractivity contribution in [3.05, 3.63) is 65.2 Å². The van der Waals surface area contributed by atoms with E-state index in [2.05, 4.69) is 11.8 Å². The van der Waals surface area contributed by atoms with Gasteiger partial charge in [-0.2, -0.15) is 0 Å². The number of nitrogens with zero attached hydrogens (tertiary/aromatic N) is 2. The molecule has 3 aliphatic rings. The Bertz CT molecular complexity index is 1010. The number of rotatable bonds is 4. The molecule has 0 radical (unpaired) electrons. The number of fused-ring (bicyclic) bond motifs is 3. The van der Waals surface area contributed by atoms with Crippen molar-refractivity contribution in [3.63, 3.8) is 0 Å². The number of Topliss-reactive ketones (excluding diaryl/α,β-unsaturated/α-hetero) is 1. The molecule has 3 aliphatic heterocycles. The molecule has 30 heavy (non-hydrogen) atoms. The van der Waals surface area contributed by atoms with E-state index < -0.39 is 17.9 Å². The van der Waals surface area contributed by atoms with Crippen LogP contribution in [0.1, 0.15) is 41.3 Å². The minimum absolute atomic E-state index is 0.0224. The molecule has 3 fully saturated rings. The highest BCUT2D eigenvalue weighted by Crippen LogP contribution is 2.48. The number of hydrogen-bond donors (Lipinski definition) is 0. The summed E-state index contributed by atoms with van der Waals surface area (Å²) in [5.41, 5.74) is 3.47. The van der Waals surface area contributed by atoms with Gasteiger partial charge in [-0.1, -0.05) is 48.9 Å². The topological polar surface area (TPSA) is 57.7 Å². The fraction of sp³-hybridized carbons (Fsp3) is 0.400. The first-order valence-corrected chi connectivity index (χ1v) is 10.8. The lowest BCUT2D eigenvalue weighted by molar-refractivity contribution is -0.123. The highest BCUT2D eigenvalue weighted by atomic mass is 16.2. The Hall–Kier alpha value is -2.79. The summed E-state index contributed by atoms with van der Waals surface area (Å²) >= 11 is 0. The molecule has 0 unspecified atom stereocenters. The minimum atomic E-state index is -0.595. The van der Waals surface area contributed by atoms with Crippen LogP contribution in [-0.4, -0.2) is 41.1 Å². The lowest BCUT2D eigenvalue weighted by atomic mass is 9.85. The molecule has 0 aromatic heterocycles. The molecule has 5 heteroatoms. The van der Waals surface area contributed by atoms with Gasteiger partial charge in [-0.15, -0.1) is 0 Å². The van der Waals surface area contributed by atoms with Crippen molar-refractivity contribution in [2.45, 2.75) is 45.2 Å². The Labute approximate surface area is 176 Å². The van der Waals surface area contributed by atoms with E-state index in [9.17, 15) is 14.4 Å². The van der Waals surface area contributed by atoms with Gasteiger partial charge < -0.3 is 0 Å². The van der Waals surface area contributed by atoms with E-state index in [1.807, 2.05) is 55.5 Å². The molecule has 2 aromatic carbocycles.